The summed E-state index contributed by atoms with van der Waals surface area (Å²) in [4.78, 5) is 11.5. The summed E-state index contributed by atoms with van der Waals surface area (Å²) < 4.78 is 6.90. The summed E-state index contributed by atoms with van der Waals surface area (Å²) in [5.74, 6) is 0.440. The van der Waals surface area contributed by atoms with Crippen LogP contribution >= 0.6 is 0 Å². The van der Waals surface area contributed by atoms with Crippen molar-refractivity contribution in [1.82, 2.24) is 15.1 Å². The molecule has 1 N–H and O–H groups in total. The highest BCUT2D eigenvalue weighted by molar-refractivity contribution is 5.77. The minimum Gasteiger partial charge on any atom is -0.480 e. The number of carbonyl (C=O) groups excluding carboxylic acids is 1. The van der Waals surface area contributed by atoms with Gasteiger partial charge in [-0.1, -0.05) is 30.3 Å². The minimum atomic E-state index is -0.150. The molecule has 2 aromatic rings. The SMILES string of the molecule is Cn1cc(OCC(=O)NCc2ccccc2)cn1. The Morgan fingerprint density at radius 2 is 2.17 bits per heavy atom. The molecule has 0 saturated carbocycles. The standard InChI is InChI=1S/C13H15N3O2/c1-16-9-12(8-15-16)18-10-13(17)14-7-11-5-3-2-4-6-11/h2-6,8-9H,7,10H2,1H3,(H,14,17). The number of ether oxygens (including phenoxy) is 1. The molecule has 0 aliphatic rings. The second kappa shape index (κ2) is 5.86. The molecule has 1 aromatic heterocycles. The predicted molar refractivity (Wildman–Crippen MR) is 67.0 cm³/mol. The Balaban J connectivity index is 1.73. The van der Waals surface area contributed by atoms with E-state index in [1.54, 1.807) is 24.1 Å². The van der Waals surface area contributed by atoms with E-state index in [2.05, 4.69) is 10.4 Å². The van der Waals surface area contributed by atoms with Crippen LogP contribution in [0.4, 0.5) is 0 Å². The molecule has 0 fully saturated rings. The molecule has 5 nitrogen and oxygen atoms in total. The molecule has 0 radical (unpaired) electrons. The Morgan fingerprint density at radius 3 is 2.83 bits per heavy atom. The topological polar surface area (TPSA) is 56.1 Å². The second-order valence-electron chi connectivity index (χ2n) is 3.90. The van der Waals surface area contributed by atoms with Gasteiger partial charge in [-0.15, -0.1) is 0 Å². The Bertz CT molecular complexity index is 508. The average Bonchev–Trinajstić information content (AvgIpc) is 2.81. The van der Waals surface area contributed by atoms with Crippen LogP contribution in [0.3, 0.4) is 0 Å². The van der Waals surface area contributed by atoms with Gasteiger partial charge in [-0.3, -0.25) is 9.48 Å². The lowest BCUT2D eigenvalue weighted by Gasteiger charge is -2.05. The number of nitrogens with zero attached hydrogens (tertiary/aromatic N) is 2. The van der Waals surface area contributed by atoms with Gasteiger partial charge in [-0.25, -0.2) is 0 Å². The van der Waals surface area contributed by atoms with Gasteiger partial charge in [0.1, 0.15) is 0 Å². The zero-order valence-corrected chi connectivity index (χ0v) is 10.2. The van der Waals surface area contributed by atoms with E-state index in [0.29, 0.717) is 12.3 Å². The highest BCUT2D eigenvalue weighted by Gasteiger charge is 2.03. The van der Waals surface area contributed by atoms with Crippen molar-refractivity contribution < 1.29 is 9.53 Å². The van der Waals surface area contributed by atoms with Gasteiger partial charge in [-0.05, 0) is 5.56 Å². The van der Waals surface area contributed by atoms with Gasteiger partial charge in [0, 0.05) is 13.6 Å². The molecule has 1 aromatic carbocycles. The number of amides is 1. The van der Waals surface area contributed by atoms with E-state index >= 15 is 0 Å². The van der Waals surface area contributed by atoms with E-state index in [1.165, 1.54) is 0 Å². The van der Waals surface area contributed by atoms with Gasteiger partial charge in [0.15, 0.2) is 12.4 Å². The van der Waals surface area contributed by atoms with Gasteiger partial charge in [-0.2, -0.15) is 5.10 Å². The maximum Gasteiger partial charge on any atom is 0.258 e. The fraction of sp³-hybridized carbons (Fsp3) is 0.231. The van der Waals surface area contributed by atoms with Crippen LogP contribution in [0.1, 0.15) is 5.56 Å². The van der Waals surface area contributed by atoms with Crippen LogP contribution in [0.15, 0.2) is 42.7 Å². The number of aryl methyl sites for hydroxylation is 1. The van der Waals surface area contributed by atoms with E-state index in [-0.39, 0.29) is 12.5 Å². The van der Waals surface area contributed by atoms with Crippen LogP contribution < -0.4 is 10.1 Å². The van der Waals surface area contributed by atoms with Crippen molar-refractivity contribution in [1.29, 1.82) is 0 Å². The summed E-state index contributed by atoms with van der Waals surface area (Å²) in [6.45, 7) is 0.509. The van der Waals surface area contributed by atoms with Crippen LogP contribution in [0.5, 0.6) is 5.75 Å². The summed E-state index contributed by atoms with van der Waals surface area (Å²) in [5.41, 5.74) is 1.06. The Hall–Kier alpha value is -2.30. The summed E-state index contributed by atoms with van der Waals surface area (Å²) >= 11 is 0. The molecule has 1 amide bonds. The number of benzene rings is 1. The van der Waals surface area contributed by atoms with Crippen molar-refractivity contribution in [2.24, 2.45) is 7.05 Å². The molecule has 0 aliphatic carbocycles. The molecule has 0 aliphatic heterocycles. The number of nitrogens with one attached hydrogen (secondary N) is 1. The summed E-state index contributed by atoms with van der Waals surface area (Å²) in [6, 6.07) is 9.74. The highest BCUT2D eigenvalue weighted by atomic mass is 16.5. The Labute approximate surface area is 105 Å². The smallest absolute Gasteiger partial charge is 0.258 e. The molecular formula is C13H15N3O2. The van der Waals surface area contributed by atoms with Crippen LogP contribution in [-0.4, -0.2) is 22.3 Å². The number of aromatic nitrogens is 2. The fourth-order valence-electron chi connectivity index (χ4n) is 1.47. The van der Waals surface area contributed by atoms with E-state index in [4.69, 9.17) is 4.74 Å². The first-order valence-electron chi connectivity index (χ1n) is 5.66. The zero-order valence-electron chi connectivity index (χ0n) is 10.2. The molecule has 1 heterocycles. The third-order valence-electron chi connectivity index (χ3n) is 2.38. The molecular weight excluding hydrogens is 230 g/mol. The third-order valence-corrected chi connectivity index (χ3v) is 2.38. The van der Waals surface area contributed by atoms with E-state index < -0.39 is 0 Å². The van der Waals surface area contributed by atoms with Crippen molar-refractivity contribution >= 4 is 5.91 Å². The number of hydrogen-bond acceptors (Lipinski definition) is 3. The van der Waals surface area contributed by atoms with Crippen molar-refractivity contribution in [2.45, 2.75) is 6.54 Å². The number of rotatable bonds is 5. The molecule has 0 saturated heterocycles. The van der Waals surface area contributed by atoms with Crippen LogP contribution in [0, 0.1) is 0 Å². The monoisotopic (exact) mass is 245 g/mol. The van der Waals surface area contributed by atoms with Gasteiger partial charge < -0.3 is 10.1 Å². The fourth-order valence-corrected chi connectivity index (χ4v) is 1.47. The molecule has 0 bridgehead atoms. The van der Waals surface area contributed by atoms with Crippen molar-refractivity contribution in [3.8, 4) is 5.75 Å². The number of hydrogen-bond donors (Lipinski definition) is 1. The van der Waals surface area contributed by atoms with E-state index in [0.717, 1.165) is 5.56 Å². The van der Waals surface area contributed by atoms with Gasteiger partial charge >= 0.3 is 0 Å². The number of carbonyl (C=O) groups is 1. The maximum absolute atomic E-state index is 11.5. The van der Waals surface area contributed by atoms with Crippen LogP contribution in [-0.2, 0) is 18.4 Å². The van der Waals surface area contributed by atoms with Gasteiger partial charge in [0.2, 0.25) is 0 Å². The molecule has 0 atom stereocenters. The highest BCUT2D eigenvalue weighted by Crippen LogP contribution is 2.06. The lowest BCUT2D eigenvalue weighted by atomic mass is 10.2. The van der Waals surface area contributed by atoms with Crippen LogP contribution in [0.25, 0.3) is 0 Å². The lowest BCUT2D eigenvalue weighted by Crippen LogP contribution is -2.28. The molecule has 5 heteroatoms. The summed E-state index contributed by atoms with van der Waals surface area (Å²) in [7, 11) is 1.79. The first-order chi connectivity index (χ1) is 8.74. The van der Waals surface area contributed by atoms with Gasteiger partial charge in [0.05, 0.1) is 12.4 Å². The van der Waals surface area contributed by atoms with Crippen molar-refractivity contribution in [3.63, 3.8) is 0 Å². The molecule has 94 valence electrons. The van der Waals surface area contributed by atoms with Gasteiger partial charge in [0.25, 0.3) is 5.91 Å². The first-order valence-corrected chi connectivity index (χ1v) is 5.66. The molecule has 2 rings (SSSR count). The Morgan fingerprint density at radius 1 is 1.39 bits per heavy atom. The van der Waals surface area contributed by atoms with E-state index in [1.807, 2.05) is 30.3 Å². The van der Waals surface area contributed by atoms with Crippen molar-refractivity contribution in [3.05, 3.63) is 48.3 Å². The maximum atomic E-state index is 11.5. The predicted octanol–water partition coefficient (Wildman–Crippen LogP) is 1.12. The summed E-state index contributed by atoms with van der Waals surface area (Å²) in [5, 5.41) is 6.73. The third kappa shape index (κ3) is 3.62. The van der Waals surface area contributed by atoms with Crippen LogP contribution in [0.2, 0.25) is 0 Å². The first kappa shape index (κ1) is 12.2. The molecule has 0 spiro atoms. The quantitative estimate of drug-likeness (QED) is 0.858. The average molecular weight is 245 g/mol. The second-order valence-corrected chi connectivity index (χ2v) is 3.90. The largest absolute Gasteiger partial charge is 0.480 e. The summed E-state index contributed by atoms with van der Waals surface area (Å²) in [6.07, 6.45) is 3.29. The molecule has 18 heavy (non-hydrogen) atoms. The molecule has 0 unspecified atom stereocenters. The Kier molecular flexibility index (Phi) is 3.96. The van der Waals surface area contributed by atoms with E-state index in [9.17, 15) is 4.79 Å². The minimum absolute atomic E-state index is 0.00146. The normalized spacial score (nSPS) is 10.1. The zero-order chi connectivity index (χ0) is 12.8. The van der Waals surface area contributed by atoms with Crippen molar-refractivity contribution in [2.75, 3.05) is 6.61 Å². The lowest BCUT2D eigenvalue weighted by molar-refractivity contribution is -0.123.